The molecular weight excluding hydrogens is 331 g/mol. The highest BCUT2D eigenvalue weighted by Crippen LogP contribution is 2.35. The second-order valence-electron chi connectivity index (χ2n) is 4.40. The highest BCUT2D eigenvalue weighted by atomic mass is 19.4. The van der Waals surface area contributed by atoms with Gasteiger partial charge in [0.1, 0.15) is 0 Å². The Morgan fingerprint density at radius 2 is 1.52 bits per heavy atom. The van der Waals surface area contributed by atoms with Gasteiger partial charge in [0.25, 0.3) is 5.91 Å². The molecule has 6 nitrogen and oxygen atoms in total. The number of nitrogens with one attached hydrogen (secondary N) is 2. The van der Waals surface area contributed by atoms with Crippen molar-refractivity contribution in [3.05, 3.63) is 0 Å². The lowest BCUT2D eigenvalue weighted by Gasteiger charge is -2.18. The molecule has 0 aromatic rings. The van der Waals surface area contributed by atoms with Gasteiger partial charge in [-0.05, 0) is 6.42 Å². The maximum Gasteiger partial charge on any atom is 0.463 e. The second kappa shape index (κ2) is 9.26. The minimum atomic E-state index is -6.00. The van der Waals surface area contributed by atoms with Crippen LogP contribution < -0.4 is 10.6 Å². The summed E-state index contributed by atoms with van der Waals surface area (Å²) >= 11 is 0. The molecule has 0 aliphatic rings. The normalized spacial score (nSPS) is 11.7. The van der Waals surface area contributed by atoms with Crippen LogP contribution in [0.4, 0.5) is 22.0 Å². The largest absolute Gasteiger partial charge is 0.466 e. The number of halogens is 5. The molecule has 0 atom stereocenters. The highest BCUT2D eigenvalue weighted by Gasteiger charge is 2.63. The molecule has 0 saturated carbocycles. The first-order valence-electron chi connectivity index (χ1n) is 6.67. The Bertz CT molecular complexity index is 426. The zero-order valence-electron chi connectivity index (χ0n) is 12.3. The molecule has 2 N–H and O–H groups in total. The molecule has 0 aromatic heterocycles. The number of esters is 1. The van der Waals surface area contributed by atoms with Gasteiger partial charge in [0.2, 0.25) is 5.91 Å². The van der Waals surface area contributed by atoms with Crippen molar-refractivity contribution in [3.8, 4) is 0 Å². The van der Waals surface area contributed by atoms with E-state index in [1.807, 2.05) is 0 Å². The molecule has 0 radical (unpaired) electrons. The lowest BCUT2D eigenvalue weighted by molar-refractivity contribution is -0.269. The third kappa shape index (κ3) is 7.75. The van der Waals surface area contributed by atoms with Crippen molar-refractivity contribution in [3.63, 3.8) is 0 Å². The van der Waals surface area contributed by atoms with Crippen LogP contribution in [0.2, 0.25) is 0 Å². The van der Waals surface area contributed by atoms with E-state index in [0.29, 0.717) is 6.42 Å². The lowest BCUT2D eigenvalue weighted by atomic mass is 10.3. The molecule has 11 heteroatoms. The minimum Gasteiger partial charge on any atom is -0.466 e. The smallest absolute Gasteiger partial charge is 0.463 e. The molecule has 0 aliphatic carbocycles. The fourth-order valence-electron chi connectivity index (χ4n) is 1.21. The first-order chi connectivity index (χ1) is 10.5. The Labute approximate surface area is 128 Å². The molecule has 0 spiro atoms. The van der Waals surface area contributed by atoms with Gasteiger partial charge in [0.05, 0.1) is 13.0 Å². The van der Waals surface area contributed by atoms with Crippen LogP contribution in [0.5, 0.6) is 0 Å². The van der Waals surface area contributed by atoms with Crippen molar-refractivity contribution in [1.29, 1.82) is 0 Å². The minimum absolute atomic E-state index is 0.0754. The van der Waals surface area contributed by atoms with Crippen molar-refractivity contribution < 1.29 is 41.1 Å². The highest BCUT2D eigenvalue weighted by molar-refractivity contribution is 5.85. The van der Waals surface area contributed by atoms with Crippen LogP contribution in [0, 0.1) is 0 Å². The van der Waals surface area contributed by atoms with Gasteiger partial charge < -0.3 is 15.4 Å². The Morgan fingerprint density at radius 3 is 2.04 bits per heavy atom. The van der Waals surface area contributed by atoms with E-state index in [-0.39, 0.29) is 19.6 Å². The summed E-state index contributed by atoms with van der Waals surface area (Å²) in [4.78, 5) is 33.0. The van der Waals surface area contributed by atoms with Gasteiger partial charge in [-0.2, -0.15) is 22.0 Å². The second-order valence-corrected chi connectivity index (χ2v) is 4.40. The Hall–Kier alpha value is -1.94. The molecule has 0 rings (SSSR count). The number of carbonyl (C=O) groups excluding carboxylic acids is 3. The maximum absolute atomic E-state index is 12.6. The maximum atomic E-state index is 12.6. The number of rotatable bonds is 9. The van der Waals surface area contributed by atoms with Gasteiger partial charge >= 0.3 is 18.1 Å². The fraction of sp³-hybridized carbons (Fsp3) is 0.750. The van der Waals surface area contributed by atoms with Gasteiger partial charge in [-0.15, -0.1) is 0 Å². The van der Waals surface area contributed by atoms with Crippen molar-refractivity contribution in [2.24, 2.45) is 0 Å². The molecule has 2 amide bonds. The van der Waals surface area contributed by atoms with Crippen LogP contribution in [0.15, 0.2) is 0 Å². The zero-order valence-corrected chi connectivity index (χ0v) is 12.3. The lowest BCUT2D eigenvalue weighted by Crippen LogP contribution is -2.50. The van der Waals surface area contributed by atoms with Gasteiger partial charge in [-0.25, -0.2) is 0 Å². The number of ether oxygens (including phenoxy) is 1. The standard InChI is InChI=1S/C12H17F5N2O4/c1-2-7-23-9(21)4-6-18-8(20)3-5-19-10(22)11(13,14)12(15,16)17/h2-7H2,1H3,(H,18,20)(H,19,22). The molecule has 0 saturated heterocycles. The van der Waals surface area contributed by atoms with Crippen LogP contribution in [0.25, 0.3) is 0 Å². The Kier molecular flexibility index (Phi) is 8.47. The summed E-state index contributed by atoms with van der Waals surface area (Å²) < 4.78 is 65.4. The SMILES string of the molecule is CCCOC(=O)CCNC(=O)CCNC(=O)C(F)(F)C(F)(F)F. The van der Waals surface area contributed by atoms with Crippen molar-refractivity contribution >= 4 is 17.8 Å². The summed E-state index contributed by atoms with van der Waals surface area (Å²) in [5.41, 5.74) is 0. The van der Waals surface area contributed by atoms with Crippen LogP contribution >= 0.6 is 0 Å². The molecule has 134 valence electrons. The van der Waals surface area contributed by atoms with E-state index in [9.17, 15) is 36.3 Å². The predicted octanol–water partition coefficient (Wildman–Crippen LogP) is 1.15. The summed E-state index contributed by atoms with van der Waals surface area (Å²) in [6.45, 7) is 1.27. The summed E-state index contributed by atoms with van der Waals surface area (Å²) in [6.07, 6.45) is -5.98. The Balaban J connectivity index is 3.95. The van der Waals surface area contributed by atoms with Crippen molar-refractivity contribution in [2.45, 2.75) is 38.3 Å². The monoisotopic (exact) mass is 348 g/mol. The number of amides is 2. The molecule has 23 heavy (non-hydrogen) atoms. The van der Waals surface area contributed by atoms with Crippen molar-refractivity contribution in [2.75, 3.05) is 19.7 Å². The third-order valence-corrected chi connectivity index (χ3v) is 2.40. The number of carbonyl (C=O) groups is 3. The van der Waals surface area contributed by atoms with E-state index in [1.54, 1.807) is 6.92 Å². The van der Waals surface area contributed by atoms with Crippen LogP contribution in [-0.2, 0) is 19.1 Å². The van der Waals surface area contributed by atoms with E-state index in [0.717, 1.165) is 0 Å². The van der Waals surface area contributed by atoms with E-state index in [1.165, 1.54) is 5.32 Å². The number of hydrogen-bond donors (Lipinski definition) is 2. The van der Waals surface area contributed by atoms with Gasteiger partial charge in [0, 0.05) is 19.5 Å². The number of hydrogen-bond acceptors (Lipinski definition) is 4. The van der Waals surface area contributed by atoms with E-state index in [4.69, 9.17) is 4.74 Å². The molecular formula is C12H17F5N2O4. The predicted molar refractivity (Wildman–Crippen MR) is 67.5 cm³/mol. The first kappa shape index (κ1) is 21.1. The fourth-order valence-corrected chi connectivity index (χ4v) is 1.21. The molecule has 0 unspecified atom stereocenters. The van der Waals surface area contributed by atoms with Crippen LogP contribution in [-0.4, -0.2) is 49.6 Å². The molecule has 0 heterocycles. The average Bonchev–Trinajstić information content (AvgIpc) is 2.43. The van der Waals surface area contributed by atoms with Crippen LogP contribution in [0.1, 0.15) is 26.2 Å². The van der Waals surface area contributed by atoms with Gasteiger partial charge in [-0.3, -0.25) is 14.4 Å². The first-order valence-corrected chi connectivity index (χ1v) is 6.67. The Morgan fingerprint density at radius 1 is 0.957 bits per heavy atom. The van der Waals surface area contributed by atoms with Gasteiger partial charge in [0.15, 0.2) is 0 Å². The summed E-state index contributed by atoms with van der Waals surface area (Å²) in [5, 5.41) is 3.56. The van der Waals surface area contributed by atoms with Gasteiger partial charge in [-0.1, -0.05) is 6.92 Å². The summed E-state index contributed by atoms with van der Waals surface area (Å²) in [7, 11) is 0. The van der Waals surface area contributed by atoms with E-state index < -0.39 is 42.8 Å². The third-order valence-electron chi connectivity index (χ3n) is 2.40. The topological polar surface area (TPSA) is 84.5 Å². The van der Waals surface area contributed by atoms with E-state index >= 15 is 0 Å². The molecule has 0 aliphatic heterocycles. The summed E-state index contributed by atoms with van der Waals surface area (Å²) in [5.74, 6) is -9.30. The average molecular weight is 348 g/mol. The number of alkyl halides is 5. The summed E-state index contributed by atoms with van der Waals surface area (Å²) in [6, 6.07) is 0. The van der Waals surface area contributed by atoms with E-state index in [2.05, 4.69) is 5.32 Å². The van der Waals surface area contributed by atoms with Crippen molar-refractivity contribution in [1.82, 2.24) is 10.6 Å². The quantitative estimate of drug-likeness (QED) is 0.484. The zero-order chi connectivity index (χ0) is 18.1. The molecule has 0 aromatic carbocycles. The van der Waals surface area contributed by atoms with Crippen LogP contribution in [0.3, 0.4) is 0 Å². The molecule has 0 bridgehead atoms. The molecule has 0 fully saturated rings.